The Morgan fingerprint density at radius 3 is 1.81 bits per heavy atom. The molecule has 1 aliphatic rings. The highest BCUT2D eigenvalue weighted by molar-refractivity contribution is 6.03. The summed E-state index contributed by atoms with van der Waals surface area (Å²) in [6, 6.07) is -16.4. The molecule has 0 bridgehead atoms. The van der Waals surface area contributed by atoms with E-state index in [0.717, 1.165) is 67.0 Å². The number of para-hydroxylation sites is 1. The van der Waals surface area contributed by atoms with Crippen molar-refractivity contribution in [3.8, 4) is 0 Å². The van der Waals surface area contributed by atoms with Crippen LogP contribution < -0.4 is 75.3 Å². The van der Waals surface area contributed by atoms with Gasteiger partial charge < -0.3 is 125 Å². The summed E-state index contributed by atoms with van der Waals surface area (Å²) < 4.78 is 10.6. The molecule has 0 saturated carbocycles. The Bertz CT molecular complexity index is 3820. The van der Waals surface area contributed by atoms with Gasteiger partial charge in [0.2, 0.25) is 88.6 Å². The summed E-state index contributed by atoms with van der Waals surface area (Å²) in [6.07, 6.45) is -5.03. The second kappa shape index (κ2) is 47.4. The number of primary amides is 2. The Labute approximate surface area is 652 Å². The van der Waals surface area contributed by atoms with E-state index in [0.29, 0.717) is 34.2 Å². The lowest BCUT2D eigenvalue weighted by Gasteiger charge is -2.33. The minimum atomic E-state index is -2.81. The molecule has 1 aromatic carbocycles. The van der Waals surface area contributed by atoms with Crippen molar-refractivity contribution in [2.24, 2.45) is 23.3 Å². The lowest BCUT2D eigenvalue weighted by molar-refractivity contribution is -0.159. The number of hydrogen-bond acceptors (Lipinski definition) is 24. The van der Waals surface area contributed by atoms with Crippen LogP contribution in [-0.4, -0.2) is 278 Å². The summed E-state index contributed by atoms with van der Waals surface area (Å²) in [5.41, 5.74) is 12.1. The second-order valence-electron chi connectivity index (χ2n) is 27.3. The number of rotatable bonds is 35. The number of likely N-dealkylation sites (N-methyl/N-ethyl adjacent to an activating group) is 1. The number of aromatic amines is 1. The van der Waals surface area contributed by atoms with Gasteiger partial charge in [0.25, 0.3) is 0 Å². The molecular weight excluding hydrogens is 1510 g/mol. The number of aromatic nitrogens is 1. The molecule has 16 atom stereocenters. The van der Waals surface area contributed by atoms with Gasteiger partial charge in [-0.1, -0.05) is 90.8 Å². The first-order valence-electron chi connectivity index (χ1n) is 36.5. The number of methoxy groups -OCH3 is 1. The molecule has 44 heteroatoms. The van der Waals surface area contributed by atoms with Crippen LogP contribution in [0.25, 0.3) is 10.9 Å². The Hall–Kier alpha value is -12.0. The van der Waals surface area contributed by atoms with Gasteiger partial charge in [0, 0.05) is 50.5 Å². The maximum atomic E-state index is 14.9. The maximum Gasteiger partial charge on any atom is 0.335 e. The molecule has 0 spiro atoms. The summed E-state index contributed by atoms with van der Waals surface area (Å²) >= 11 is 0. The fraction of sp³-hybridized carbons (Fsp3) is 0.600. The number of nitrogens with one attached hydrogen (secondary N) is 13. The van der Waals surface area contributed by atoms with E-state index in [-0.39, 0.29) is 19.3 Å². The third-order valence-electron chi connectivity index (χ3n) is 18.2. The molecule has 1 saturated heterocycles. The van der Waals surface area contributed by atoms with Gasteiger partial charge in [0.15, 0.2) is 12.2 Å². The van der Waals surface area contributed by atoms with Crippen LogP contribution in [0.5, 0.6) is 0 Å². The smallest absolute Gasteiger partial charge is 0.335 e. The first-order chi connectivity index (χ1) is 53.6. The monoisotopic (exact) mass is 1620 g/mol. The van der Waals surface area contributed by atoms with Crippen molar-refractivity contribution in [2.45, 2.75) is 223 Å². The minimum Gasteiger partial charge on any atom is -0.481 e. The number of nitrogens with zero attached hydrogens (tertiary/aromatic N) is 1. The Kier molecular flexibility index (Phi) is 40.0. The van der Waals surface area contributed by atoms with Crippen molar-refractivity contribution in [3.05, 3.63) is 36.0 Å². The number of aliphatic hydroxyl groups excluding tert-OH is 2. The average molecular weight is 1620 g/mol. The highest BCUT2D eigenvalue weighted by Gasteiger charge is 2.44. The third kappa shape index (κ3) is 31.3. The first kappa shape index (κ1) is 96.2. The molecule has 1 aromatic heterocycles. The fourth-order valence-electron chi connectivity index (χ4n) is 11.6. The van der Waals surface area contributed by atoms with Gasteiger partial charge in [-0.3, -0.25) is 86.3 Å². The van der Waals surface area contributed by atoms with Crippen molar-refractivity contribution >= 4 is 129 Å². The number of fused-ring (bicyclic) bond motifs is 1. The molecule has 0 radical (unpaired) electrons. The summed E-state index contributed by atoms with van der Waals surface area (Å²) in [5, 5.41) is 87.4. The second-order valence-corrected chi connectivity index (χ2v) is 27.3. The molecule has 114 heavy (non-hydrogen) atoms. The quantitative estimate of drug-likeness (QED) is 0.0225. The van der Waals surface area contributed by atoms with Gasteiger partial charge in [-0.2, -0.15) is 0 Å². The van der Waals surface area contributed by atoms with Crippen LogP contribution in [-0.2, 0) is 112 Å². The van der Waals surface area contributed by atoms with Crippen LogP contribution in [0.1, 0.15) is 137 Å². The van der Waals surface area contributed by atoms with Crippen LogP contribution in [0.15, 0.2) is 30.5 Å². The largest absolute Gasteiger partial charge is 0.481 e. The van der Waals surface area contributed by atoms with Crippen molar-refractivity contribution in [1.82, 2.24) is 73.7 Å². The lowest BCUT2D eigenvalue weighted by atomic mass is 9.94. The number of cyclic esters (lactones) is 1. The lowest BCUT2D eigenvalue weighted by Crippen LogP contribution is -2.64. The zero-order chi connectivity index (χ0) is 86.0. The van der Waals surface area contributed by atoms with E-state index >= 15 is 0 Å². The highest BCUT2D eigenvalue weighted by Crippen LogP contribution is 2.21. The van der Waals surface area contributed by atoms with Crippen LogP contribution in [0.4, 0.5) is 0 Å². The zero-order valence-corrected chi connectivity index (χ0v) is 64.1. The average Bonchev–Trinajstić information content (AvgIpc) is 1.53. The first-order valence-corrected chi connectivity index (χ1v) is 36.5. The van der Waals surface area contributed by atoms with Crippen molar-refractivity contribution in [3.63, 3.8) is 0 Å². The summed E-state index contributed by atoms with van der Waals surface area (Å²) in [7, 11) is 1.63. The summed E-state index contributed by atoms with van der Waals surface area (Å²) in [4.78, 5) is 276. The molecule has 44 nitrogen and oxygen atoms in total. The number of unbranched alkanes of at least 4 members (excludes halogenated alkanes) is 6. The normalized spacial score (nSPS) is 22.3. The third-order valence-corrected chi connectivity index (χ3v) is 18.2. The van der Waals surface area contributed by atoms with E-state index in [1.165, 1.54) is 13.8 Å². The van der Waals surface area contributed by atoms with Crippen LogP contribution in [0.2, 0.25) is 0 Å². The summed E-state index contributed by atoms with van der Waals surface area (Å²) in [6.45, 7) is 4.10. The van der Waals surface area contributed by atoms with E-state index in [9.17, 15) is 127 Å². The number of H-pyrrole nitrogens is 1. The summed E-state index contributed by atoms with van der Waals surface area (Å²) in [5.74, 6) is -31.9. The van der Waals surface area contributed by atoms with Gasteiger partial charge in [0.1, 0.15) is 72.6 Å². The van der Waals surface area contributed by atoms with Crippen LogP contribution in [0, 0.1) is 11.8 Å². The molecule has 2 heterocycles. The Balaban J connectivity index is 2.27. The van der Waals surface area contributed by atoms with Gasteiger partial charge in [-0.15, -0.1) is 0 Å². The van der Waals surface area contributed by atoms with E-state index in [2.05, 4.69) is 43.8 Å². The van der Waals surface area contributed by atoms with Gasteiger partial charge in [0.05, 0.1) is 39.0 Å². The van der Waals surface area contributed by atoms with Crippen LogP contribution in [0.3, 0.4) is 0 Å². The number of esters is 1. The van der Waals surface area contributed by atoms with Gasteiger partial charge in [-0.05, 0) is 50.2 Å². The van der Waals surface area contributed by atoms with Crippen molar-refractivity contribution in [1.29, 1.82) is 0 Å². The molecule has 2 aromatic rings. The number of carbonyl (C=O) groups excluding carboxylic acids is 16. The number of aliphatic hydroxyl groups is 2. The fourth-order valence-corrected chi connectivity index (χ4v) is 11.6. The molecule has 15 amide bonds. The van der Waals surface area contributed by atoms with E-state index < -0.39 is 267 Å². The maximum absolute atomic E-state index is 14.9. The SMILES string of the molecule is CCCCCCCCCC(=O)NC(Cc1c[nH]c2ccccc12)C(=O)NC(CCC(=O)O)C(=O)NC(C(=O)NC1C(=O)N(C)CC(=O)NC(C)C(=O)NC(CC(=O)O)C(=O)NC(CO)C(=O)NC(C(OC)C(=O)O)C(=O)NCC(=O)NC(CC(N)=O)C(=O)NC(C(C)CC(=O)O)C(=O)NC(C(C)CC)C(=O)OC1C)C(O)C(N)=O. The van der Waals surface area contributed by atoms with Gasteiger partial charge >= 0.3 is 29.8 Å². The number of carboxylic acids is 4. The molecule has 0 aliphatic carbocycles. The topological polar surface area (TPSA) is 697 Å². The Morgan fingerprint density at radius 2 is 1.22 bits per heavy atom. The standard InChI is InChI=1S/C70H104N16O28/c1-9-11-12-13-14-15-16-21-45(89)76-40(25-36-28-73-38-20-18-17-19-37(36)38)61(102)78-39(22-23-48(92)93)60(101)84-54(56(98)58(72)99)67(108)83-53-35(6)114-70(112)52(32(3)10-2)82-66(107)51(33(4)24-49(94)95)81-63(104)41(26-44(71)88)77-46(90)29-74-65(106)55(57(113-8)69(110)111)85-64(105)43(31-87)80-62(103)42(27-50(96)97)79-59(100)34(5)75-47(91)30-86(7)68(53)109/h17-20,28,32-35,39-43,51-57,73,87,98H,9-16,21-27,29-31H2,1-8H3,(H2,71,88)(H2,72,99)(H,74,106)(H,75,91)(H,76,89)(H,77,90)(H,78,102)(H,79,100)(H,80,103)(H,81,104)(H,82,107)(H,83,108)(H,84,101)(H,85,105)(H,92,93)(H,94,95)(H,96,97)(H,110,111). The van der Waals surface area contributed by atoms with E-state index in [1.807, 2.05) is 31.9 Å². The van der Waals surface area contributed by atoms with E-state index in [4.69, 9.17) is 20.9 Å². The van der Waals surface area contributed by atoms with Crippen molar-refractivity contribution in [2.75, 3.05) is 33.9 Å². The zero-order valence-electron chi connectivity index (χ0n) is 64.1. The highest BCUT2D eigenvalue weighted by atomic mass is 16.5. The molecule has 632 valence electrons. The number of aliphatic carboxylic acids is 4. The molecule has 1 fully saturated rings. The number of amides is 15. The number of carboxylic acid groups (broad SMARTS) is 4. The molecular formula is C70H104N16O28. The number of nitrogens with two attached hydrogens (primary N) is 2. The number of ether oxygens (including phenoxy) is 2. The number of carbonyl (C=O) groups is 20. The molecule has 3 rings (SSSR count). The number of hydrogen-bond donors (Lipinski definition) is 21. The van der Waals surface area contributed by atoms with Crippen molar-refractivity contribution < 1.29 is 136 Å². The Morgan fingerprint density at radius 1 is 0.632 bits per heavy atom. The molecule has 23 N–H and O–H groups in total. The predicted molar refractivity (Wildman–Crippen MR) is 392 cm³/mol. The van der Waals surface area contributed by atoms with Crippen LogP contribution >= 0.6 is 0 Å². The predicted octanol–water partition coefficient (Wildman–Crippen LogP) is -6.97. The number of benzene rings is 1. The van der Waals surface area contributed by atoms with Gasteiger partial charge in [-0.25, -0.2) is 9.59 Å². The minimum absolute atomic E-state index is 0.0258. The molecule has 1 aliphatic heterocycles. The molecule has 16 unspecified atom stereocenters. The van der Waals surface area contributed by atoms with E-state index in [1.54, 1.807) is 30.5 Å².